The number of Topliss-reactive ketones (excluding diaryl/α,β-unsaturated/α-hetero) is 1. The van der Waals surface area contributed by atoms with E-state index in [0.717, 1.165) is 10.9 Å². The van der Waals surface area contributed by atoms with Gasteiger partial charge in [0.2, 0.25) is 5.78 Å². The number of halogens is 1. The van der Waals surface area contributed by atoms with Crippen LogP contribution in [-0.4, -0.2) is 116 Å². The number of hydrogen-bond donors (Lipinski definition) is 4. The van der Waals surface area contributed by atoms with E-state index in [2.05, 4.69) is 29.7 Å². The van der Waals surface area contributed by atoms with Crippen LogP contribution in [-0.2, 0) is 37.6 Å². The number of anilines is 1. The number of nitrogens with zero attached hydrogens (tertiary/aromatic N) is 7. The van der Waals surface area contributed by atoms with Crippen molar-refractivity contribution in [3.8, 4) is 0 Å². The number of nitrogen functional groups attached to an aromatic ring is 1. The molecule has 2 bridgehead atoms. The standard InChI is InChI=1S/C22H25FN9O11PS/c23-14-18-12(40-21(14)32-8-29-16-19(24)26-6-27-20(16)32)3-30-45(37,38)43-17-9(4-33)13(5-39-44(35,36)42-18)41-22(17)31-7-28-15-10(31)1-25-2-11(15)34/h1,6-9,12-14,17-18,21-22,30,33H,2-5H2,(H,35,36)(H2,24,26,27). The molecule has 0 amide bonds. The van der Waals surface area contributed by atoms with E-state index in [9.17, 15) is 27.8 Å². The van der Waals surface area contributed by atoms with Crippen molar-refractivity contribution in [2.24, 2.45) is 10.9 Å². The molecule has 7 heterocycles. The number of aliphatic hydroxyl groups excluding tert-OH is 1. The van der Waals surface area contributed by atoms with Gasteiger partial charge in [0, 0.05) is 18.7 Å². The van der Waals surface area contributed by atoms with Gasteiger partial charge < -0.3 is 25.2 Å². The summed E-state index contributed by atoms with van der Waals surface area (Å²) in [6.45, 7) is -2.24. The van der Waals surface area contributed by atoms with Crippen molar-refractivity contribution in [2.75, 3.05) is 32.0 Å². The van der Waals surface area contributed by atoms with Crippen LogP contribution in [0.1, 0.15) is 28.6 Å². The molecule has 20 nitrogen and oxygen atoms in total. The monoisotopic (exact) mass is 673 g/mol. The van der Waals surface area contributed by atoms with Gasteiger partial charge >= 0.3 is 18.1 Å². The second-order valence-corrected chi connectivity index (χ2v) is 13.3. The summed E-state index contributed by atoms with van der Waals surface area (Å²) in [7, 11) is -9.80. The summed E-state index contributed by atoms with van der Waals surface area (Å²) in [6, 6.07) is 0. The molecular formula is C22H25FN9O11PS. The maximum Gasteiger partial charge on any atom is 0.472 e. The minimum atomic E-state index is -5.08. The highest BCUT2D eigenvalue weighted by Gasteiger charge is 2.53. The van der Waals surface area contributed by atoms with Crippen LogP contribution in [0.5, 0.6) is 0 Å². The first kappa shape index (κ1) is 30.3. The van der Waals surface area contributed by atoms with Gasteiger partial charge in [-0.15, -0.1) is 0 Å². The van der Waals surface area contributed by atoms with Gasteiger partial charge in [-0.2, -0.15) is 13.1 Å². The number of ketones is 1. The average molecular weight is 674 g/mol. The third-order valence-electron chi connectivity index (χ3n) is 7.81. The average Bonchev–Trinajstić information content (AvgIpc) is 3.75. The molecule has 9 unspecified atom stereocenters. The number of aromatic nitrogens is 6. The molecule has 7 rings (SSSR count). The molecular weight excluding hydrogens is 648 g/mol. The van der Waals surface area contributed by atoms with Gasteiger partial charge in [0.1, 0.15) is 42.4 Å². The van der Waals surface area contributed by atoms with Crippen molar-refractivity contribution in [1.29, 1.82) is 0 Å². The zero-order chi connectivity index (χ0) is 31.7. The largest absolute Gasteiger partial charge is 0.472 e. The highest BCUT2D eigenvalue weighted by atomic mass is 32.2. The molecule has 45 heavy (non-hydrogen) atoms. The van der Waals surface area contributed by atoms with Crippen molar-refractivity contribution in [3.05, 3.63) is 30.4 Å². The van der Waals surface area contributed by atoms with E-state index < -0.39 is 86.8 Å². The molecule has 3 aromatic rings. The minimum Gasteiger partial charge on any atom is -0.396 e. The van der Waals surface area contributed by atoms with Crippen LogP contribution in [0.15, 0.2) is 24.0 Å². The third kappa shape index (κ3) is 5.35. The van der Waals surface area contributed by atoms with E-state index in [0.29, 0.717) is 0 Å². The summed E-state index contributed by atoms with van der Waals surface area (Å²) >= 11 is 0. The van der Waals surface area contributed by atoms with Crippen LogP contribution in [0.2, 0.25) is 0 Å². The quantitative estimate of drug-likeness (QED) is 0.228. The Morgan fingerprint density at radius 1 is 1.11 bits per heavy atom. The number of nitrogens with one attached hydrogen (secondary N) is 1. The van der Waals surface area contributed by atoms with Crippen LogP contribution in [0.4, 0.5) is 10.2 Å². The number of rotatable bonds is 3. The Bertz CT molecular complexity index is 1840. The first-order valence-corrected chi connectivity index (χ1v) is 16.3. The molecule has 0 saturated carbocycles. The minimum absolute atomic E-state index is 0.00977. The molecule has 3 aromatic heterocycles. The summed E-state index contributed by atoms with van der Waals surface area (Å²) in [5, 5.41) is 10.2. The second kappa shape index (κ2) is 11.2. The van der Waals surface area contributed by atoms with Crippen LogP contribution in [0.3, 0.4) is 0 Å². The number of hydrogen-bond acceptors (Lipinski definition) is 16. The SMILES string of the molecule is Nc1ncnc2c1ncn2C1OC2CNS(=O)(=O)OC3C(CO)C(COP(=O)(O)OC2C1F)OC3n1cnc2c1C=NCC2=O. The Morgan fingerprint density at radius 2 is 1.89 bits per heavy atom. The number of carbonyl (C=O) groups excluding carboxylic acids is 1. The van der Waals surface area contributed by atoms with Gasteiger partial charge in [-0.05, 0) is 0 Å². The zero-order valence-electron chi connectivity index (χ0n) is 22.8. The summed E-state index contributed by atoms with van der Waals surface area (Å²) in [5.74, 6) is -1.51. The predicted molar refractivity (Wildman–Crippen MR) is 144 cm³/mol. The molecule has 0 aliphatic carbocycles. The highest BCUT2D eigenvalue weighted by Crippen LogP contribution is 2.50. The van der Waals surface area contributed by atoms with E-state index in [1.54, 1.807) is 0 Å². The summed E-state index contributed by atoms with van der Waals surface area (Å²) in [6.07, 6.45) is -6.19. The number of phosphoric acid groups is 1. The van der Waals surface area contributed by atoms with Gasteiger partial charge in [0.15, 0.2) is 30.1 Å². The van der Waals surface area contributed by atoms with E-state index in [1.165, 1.54) is 23.4 Å². The number of phosphoric ester groups is 1. The number of imidazole rings is 2. The lowest BCUT2D eigenvalue weighted by Gasteiger charge is -2.25. The van der Waals surface area contributed by atoms with E-state index >= 15 is 4.39 Å². The Hall–Kier alpha value is -3.31. The summed E-state index contributed by atoms with van der Waals surface area (Å²) in [4.78, 5) is 42.9. The lowest BCUT2D eigenvalue weighted by Crippen LogP contribution is -2.43. The van der Waals surface area contributed by atoms with E-state index in [4.69, 9.17) is 28.4 Å². The van der Waals surface area contributed by atoms with E-state index in [-0.39, 0.29) is 40.7 Å². The third-order valence-corrected chi connectivity index (χ3v) is 9.79. The van der Waals surface area contributed by atoms with Crippen molar-refractivity contribution in [3.63, 3.8) is 0 Å². The smallest absolute Gasteiger partial charge is 0.396 e. The molecule has 9 atom stereocenters. The molecule has 23 heteroatoms. The molecule has 242 valence electrons. The molecule has 5 N–H and O–H groups in total. The second-order valence-electron chi connectivity index (χ2n) is 10.5. The maximum atomic E-state index is 15.9. The van der Waals surface area contributed by atoms with Gasteiger partial charge in [-0.3, -0.25) is 28.0 Å². The molecule has 3 saturated heterocycles. The van der Waals surface area contributed by atoms with Crippen molar-refractivity contribution in [2.45, 2.75) is 43.0 Å². The number of nitrogens with two attached hydrogens (primary N) is 1. The predicted octanol–water partition coefficient (Wildman–Crippen LogP) is -1.60. The van der Waals surface area contributed by atoms with Gasteiger partial charge in [-0.25, -0.2) is 33.1 Å². The van der Waals surface area contributed by atoms with Gasteiger partial charge in [0.25, 0.3) is 0 Å². The Morgan fingerprint density at radius 3 is 2.69 bits per heavy atom. The van der Waals surface area contributed by atoms with Gasteiger partial charge in [-0.1, -0.05) is 0 Å². The Kier molecular flexibility index (Phi) is 7.55. The maximum absolute atomic E-state index is 15.9. The van der Waals surface area contributed by atoms with Crippen LogP contribution >= 0.6 is 7.82 Å². The first-order chi connectivity index (χ1) is 21.5. The van der Waals surface area contributed by atoms with Crippen molar-refractivity contribution >= 4 is 47.1 Å². The zero-order valence-corrected chi connectivity index (χ0v) is 24.5. The first-order valence-electron chi connectivity index (χ1n) is 13.4. The molecule has 3 fully saturated rings. The molecule has 0 radical (unpaired) electrons. The highest BCUT2D eigenvalue weighted by molar-refractivity contribution is 7.84. The fourth-order valence-corrected chi connectivity index (χ4v) is 7.62. The number of carbonyl (C=O) groups is 1. The topological polar surface area (TPSA) is 267 Å². The van der Waals surface area contributed by atoms with Crippen molar-refractivity contribution < 1.29 is 54.9 Å². The Balaban J connectivity index is 1.21. The van der Waals surface area contributed by atoms with Crippen LogP contribution in [0, 0.1) is 5.92 Å². The van der Waals surface area contributed by atoms with Crippen LogP contribution < -0.4 is 10.5 Å². The lowest BCUT2D eigenvalue weighted by atomic mass is 9.99. The molecule has 4 aliphatic rings. The lowest BCUT2D eigenvalue weighted by molar-refractivity contribution is -0.0525. The number of alkyl halides is 1. The van der Waals surface area contributed by atoms with E-state index in [1.807, 2.05) is 0 Å². The molecule has 0 aromatic carbocycles. The number of aliphatic imine (C=N–C) groups is 1. The van der Waals surface area contributed by atoms with Crippen LogP contribution in [0.25, 0.3) is 11.2 Å². The number of fused-ring (bicyclic) bond motifs is 5. The number of aliphatic hydroxyl groups is 1. The normalized spacial score (nSPS) is 36.6. The van der Waals surface area contributed by atoms with Gasteiger partial charge in [0.05, 0.1) is 37.7 Å². The number of ether oxygens (including phenoxy) is 2. The fourth-order valence-electron chi connectivity index (χ4n) is 5.69. The summed E-state index contributed by atoms with van der Waals surface area (Å²) in [5.41, 5.74) is 6.30. The Labute approximate surface area is 252 Å². The van der Waals surface area contributed by atoms with Crippen molar-refractivity contribution in [1.82, 2.24) is 33.8 Å². The molecule has 4 aliphatic heterocycles. The fraction of sp³-hybridized carbons (Fsp3) is 0.545. The summed E-state index contributed by atoms with van der Waals surface area (Å²) < 4.78 is 87.7. The molecule has 0 spiro atoms.